The molecule has 3 fully saturated rings. The number of nitrogens with zero attached hydrogens (tertiary/aromatic N) is 7. The molecule has 4 aliphatic rings. The molecule has 1 atom stereocenters. The van der Waals surface area contributed by atoms with Gasteiger partial charge in [0, 0.05) is 55.8 Å². The third-order valence-electron chi connectivity index (χ3n) is 11.8. The van der Waals surface area contributed by atoms with E-state index in [4.69, 9.17) is 14.7 Å². The van der Waals surface area contributed by atoms with Gasteiger partial charge in [0.2, 0.25) is 5.91 Å². The van der Waals surface area contributed by atoms with E-state index < -0.39 is 17.3 Å². The van der Waals surface area contributed by atoms with Crippen LogP contribution in [0.1, 0.15) is 77.3 Å². The van der Waals surface area contributed by atoms with Gasteiger partial charge in [0.05, 0.1) is 34.8 Å². The Morgan fingerprint density at radius 3 is 2.49 bits per heavy atom. The molecule has 11 nitrogen and oxygen atoms in total. The molecule has 268 valence electrons. The van der Waals surface area contributed by atoms with Crippen LogP contribution in [0, 0.1) is 5.82 Å². The number of piperidine rings is 2. The van der Waals surface area contributed by atoms with Gasteiger partial charge in [-0.15, -0.1) is 0 Å². The number of halogens is 1. The summed E-state index contributed by atoms with van der Waals surface area (Å²) in [5.41, 5.74) is 4.62. The molecule has 6 heterocycles. The number of hydrogen-bond acceptors (Lipinski definition) is 8. The number of hydrogen-bond donors (Lipinski definition) is 1. The van der Waals surface area contributed by atoms with Gasteiger partial charge in [-0.05, 0) is 96.1 Å². The Bertz CT molecular complexity index is 1960. The molecule has 12 heteroatoms. The van der Waals surface area contributed by atoms with Crippen molar-refractivity contribution in [1.29, 1.82) is 0 Å². The molecular weight excluding hydrogens is 647 g/mol. The first-order chi connectivity index (χ1) is 24.7. The molecule has 2 saturated heterocycles. The number of carbonyl (C=O) groups excluding carboxylic acids is 2. The molecular formula is C39H47FN8O3. The van der Waals surface area contributed by atoms with Crippen molar-refractivity contribution in [2.24, 2.45) is 0 Å². The van der Waals surface area contributed by atoms with Gasteiger partial charge >= 0.3 is 0 Å². The summed E-state index contributed by atoms with van der Waals surface area (Å²) in [7, 11) is 1.55. The molecule has 0 bridgehead atoms. The second-order valence-electron chi connectivity index (χ2n) is 15.0. The van der Waals surface area contributed by atoms with Crippen LogP contribution in [0.25, 0.3) is 22.3 Å². The predicted molar refractivity (Wildman–Crippen MR) is 195 cm³/mol. The highest BCUT2D eigenvalue weighted by atomic mass is 19.1. The first-order valence-electron chi connectivity index (χ1n) is 18.5. The van der Waals surface area contributed by atoms with E-state index in [0.717, 1.165) is 53.8 Å². The number of likely N-dealkylation sites (tertiary alicyclic amines) is 2. The monoisotopic (exact) mass is 694 g/mol. The minimum absolute atomic E-state index is 0.0361. The zero-order chi connectivity index (χ0) is 35.4. The Morgan fingerprint density at radius 2 is 1.78 bits per heavy atom. The van der Waals surface area contributed by atoms with Gasteiger partial charge in [-0.3, -0.25) is 14.6 Å². The number of nitrogens with one attached hydrogen (secondary N) is 1. The summed E-state index contributed by atoms with van der Waals surface area (Å²) in [5.74, 6) is 0.136. The highest BCUT2D eigenvalue weighted by molar-refractivity contribution is 6.09. The molecule has 1 aromatic carbocycles. The summed E-state index contributed by atoms with van der Waals surface area (Å²) in [4.78, 5) is 48.1. The zero-order valence-electron chi connectivity index (χ0n) is 29.9. The Labute approximate surface area is 298 Å². The van der Waals surface area contributed by atoms with Crippen molar-refractivity contribution in [1.82, 2.24) is 29.3 Å². The van der Waals surface area contributed by atoms with Crippen molar-refractivity contribution in [2.45, 2.75) is 95.4 Å². The Hall–Kier alpha value is -4.42. The topological polar surface area (TPSA) is 109 Å². The minimum Gasteiger partial charge on any atom is -0.372 e. The lowest BCUT2D eigenvalue weighted by Gasteiger charge is -2.48. The van der Waals surface area contributed by atoms with Gasteiger partial charge in [0.25, 0.3) is 5.91 Å². The normalized spacial score (nSPS) is 22.4. The van der Waals surface area contributed by atoms with Gasteiger partial charge in [0.1, 0.15) is 11.6 Å². The maximum Gasteiger partial charge on any atom is 0.251 e. The first-order valence-corrected chi connectivity index (χ1v) is 18.5. The van der Waals surface area contributed by atoms with Crippen molar-refractivity contribution in [3.05, 3.63) is 60.4 Å². The van der Waals surface area contributed by atoms with E-state index in [2.05, 4.69) is 46.1 Å². The molecule has 51 heavy (non-hydrogen) atoms. The summed E-state index contributed by atoms with van der Waals surface area (Å²) < 4.78 is 22.2. The van der Waals surface area contributed by atoms with Crippen LogP contribution in [0.15, 0.2) is 49.1 Å². The van der Waals surface area contributed by atoms with Crippen LogP contribution >= 0.6 is 0 Å². The third kappa shape index (κ3) is 5.76. The number of fused-ring (bicyclic) bond motifs is 3. The molecule has 1 N–H and O–H groups in total. The number of pyridine rings is 2. The van der Waals surface area contributed by atoms with Crippen LogP contribution in [-0.4, -0.2) is 92.6 Å². The molecule has 1 saturated carbocycles. The second-order valence-corrected chi connectivity index (χ2v) is 15.0. The zero-order valence-corrected chi connectivity index (χ0v) is 29.9. The quantitative estimate of drug-likeness (QED) is 0.232. The van der Waals surface area contributed by atoms with Crippen molar-refractivity contribution < 1.29 is 18.7 Å². The Balaban J connectivity index is 1.17. The van der Waals surface area contributed by atoms with Gasteiger partial charge < -0.3 is 29.3 Å². The fraction of sp³-hybridized carbons (Fsp3) is 0.513. The number of carbonyl (C=O) groups is 2. The number of methoxy groups -OCH3 is 1. The molecule has 0 unspecified atom stereocenters. The van der Waals surface area contributed by atoms with E-state index in [9.17, 15) is 14.0 Å². The fourth-order valence-electron chi connectivity index (χ4n) is 8.70. The molecule has 1 aliphatic carbocycles. The van der Waals surface area contributed by atoms with Gasteiger partial charge in [0.15, 0.2) is 11.6 Å². The van der Waals surface area contributed by atoms with E-state index in [1.54, 1.807) is 32.6 Å². The van der Waals surface area contributed by atoms with Gasteiger partial charge in [-0.25, -0.2) is 14.4 Å². The van der Waals surface area contributed by atoms with Crippen molar-refractivity contribution in [3.63, 3.8) is 0 Å². The smallest absolute Gasteiger partial charge is 0.251 e. The largest absolute Gasteiger partial charge is 0.372 e. The molecule has 2 amide bonds. The molecule has 8 rings (SSSR count). The lowest BCUT2D eigenvalue weighted by molar-refractivity contribution is -0.144. The Kier molecular flexibility index (Phi) is 8.78. The van der Waals surface area contributed by atoms with Crippen LogP contribution < -0.4 is 10.2 Å². The number of rotatable bonds is 8. The number of imidazole rings is 1. The second kappa shape index (κ2) is 13.3. The van der Waals surface area contributed by atoms with E-state index in [0.29, 0.717) is 43.5 Å². The third-order valence-corrected chi connectivity index (χ3v) is 11.8. The number of amides is 2. The van der Waals surface area contributed by atoms with Crippen molar-refractivity contribution in [2.75, 3.05) is 43.5 Å². The SMILES string of the molecule is CO[C@@H](C)C(=O)N1CCC2(CC1)C(=O)N([C@H]1C[C@@H](N3CCCCC3)C1)c1cc(-c3cc4ncn(C(C)C)c4c(Nc4ccncc4F)n3)ccc12. The number of benzene rings is 1. The maximum atomic E-state index is 14.8. The Morgan fingerprint density at radius 1 is 1.02 bits per heavy atom. The fourth-order valence-corrected chi connectivity index (χ4v) is 8.70. The molecule has 3 aromatic heterocycles. The molecule has 1 spiro atoms. The predicted octanol–water partition coefficient (Wildman–Crippen LogP) is 6.22. The highest BCUT2D eigenvalue weighted by Gasteiger charge is 2.56. The highest BCUT2D eigenvalue weighted by Crippen LogP contribution is 2.52. The lowest BCUT2D eigenvalue weighted by atomic mass is 9.73. The summed E-state index contributed by atoms with van der Waals surface area (Å²) in [6.07, 6.45) is 10.9. The van der Waals surface area contributed by atoms with Gasteiger partial charge in [-0.2, -0.15) is 0 Å². The minimum atomic E-state index is -0.684. The lowest BCUT2D eigenvalue weighted by Crippen LogP contribution is -2.58. The summed E-state index contributed by atoms with van der Waals surface area (Å²) in [6, 6.07) is 10.6. The summed E-state index contributed by atoms with van der Waals surface area (Å²) in [6.45, 7) is 9.21. The molecule has 4 aromatic rings. The molecule has 0 radical (unpaired) electrons. The van der Waals surface area contributed by atoms with E-state index in [-0.39, 0.29) is 29.6 Å². The van der Waals surface area contributed by atoms with Gasteiger partial charge in [-0.1, -0.05) is 18.6 Å². The maximum absolute atomic E-state index is 14.8. The van der Waals surface area contributed by atoms with E-state index >= 15 is 0 Å². The van der Waals surface area contributed by atoms with Crippen molar-refractivity contribution >= 4 is 40.0 Å². The average molecular weight is 695 g/mol. The number of anilines is 3. The average Bonchev–Trinajstić information content (AvgIpc) is 3.66. The van der Waals surface area contributed by atoms with E-state index in [1.165, 1.54) is 25.5 Å². The van der Waals surface area contributed by atoms with Crippen LogP contribution in [0.5, 0.6) is 0 Å². The summed E-state index contributed by atoms with van der Waals surface area (Å²) >= 11 is 0. The molecule has 3 aliphatic heterocycles. The van der Waals surface area contributed by atoms with E-state index in [1.807, 2.05) is 21.6 Å². The summed E-state index contributed by atoms with van der Waals surface area (Å²) in [5, 5.41) is 3.22. The van der Waals surface area contributed by atoms with Crippen LogP contribution in [0.2, 0.25) is 0 Å². The van der Waals surface area contributed by atoms with Crippen LogP contribution in [-0.2, 0) is 19.7 Å². The van der Waals surface area contributed by atoms with Crippen LogP contribution in [0.3, 0.4) is 0 Å². The van der Waals surface area contributed by atoms with Crippen LogP contribution in [0.4, 0.5) is 21.6 Å². The number of ether oxygens (including phenoxy) is 1. The number of aromatic nitrogens is 4. The first kappa shape index (κ1) is 33.7. The van der Waals surface area contributed by atoms with Crippen molar-refractivity contribution in [3.8, 4) is 11.3 Å². The standard InChI is InChI=1S/C39H47FN8O3/c1-24(2)47-23-42-33-21-32(44-36(35(33)47)43-31-10-13-41-22-30(31)40)26-8-9-29-34(18-26)48(28-19-27(20-28)45-14-6-5-7-15-45)38(50)39(29)11-16-46(17-12-39)37(49)25(3)51-4/h8-10,13,18,21-25,27-28H,5-7,11-12,14-17,19-20H2,1-4H3,(H,41,43,44)/t25-,27-,28+/m0/s1.